The van der Waals surface area contributed by atoms with E-state index in [2.05, 4.69) is 53.5 Å². The van der Waals surface area contributed by atoms with Crippen molar-refractivity contribution >= 4 is 34.8 Å². The van der Waals surface area contributed by atoms with Crippen LogP contribution in [0.2, 0.25) is 0 Å². The first-order valence-electron chi connectivity index (χ1n) is 11.7. The number of nitrogens with zero attached hydrogens (tertiary/aromatic N) is 2. The molecule has 0 fully saturated rings. The summed E-state index contributed by atoms with van der Waals surface area (Å²) >= 11 is 0. The molecule has 0 radical (unpaired) electrons. The summed E-state index contributed by atoms with van der Waals surface area (Å²) in [5, 5.41) is 3.33. The summed E-state index contributed by atoms with van der Waals surface area (Å²) in [7, 11) is 0. The van der Waals surface area contributed by atoms with Gasteiger partial charge in [0.05, 0.1) is 11.2 Å². The largest absolute Gasteiger partial charge is 0.423 e. The number of carbonyl (C=O) groups excluding carboxylic acids is 1. The van der Waals surface area contributed by atoms with E-state index < -0.39 is 5.97 Å². The Bertz CT molecular complexity index is 1800. The van der Waals surface area contributed by atoms with Crippen molar-refractivity contribution in [3.05, 3.63) is 112 Å². The van der Waals surface area contributed by atoms with Crippen LogP contribution in [0.1, 0.15) is 27.9 Å². The van der Waals surface area contributed by atoms with Crippen molar-refractivity contribution in [3.63, 3.8) is 0 Å². The van der Waals surface area contributed by atoms with Crippen LogP contribution >= 0.6 is 0 Å². The van der Waals surface area contributed by atoms with Crippen molar-refractivity contribution in [2.75, 3.05) is 0 Å². The standard InChI is InChI=1S/C31H20N2O2/c34-31(27-18-32-17-16-26-24-8-3-4-10-28(24)33-30(26)27)35-29-11-5-9-21-23-13-12-19-6-1-2-7-20(19)22(23)14-15-25(21)29/h1-4,6-11,13-18H,5,12H2. The maximum absolute atomic E-state index is 13.4. The Kier molecular flexibility index (Phi) is 4.39. The summed E-state index contributed by atoms with van der Waals surface area (Å²) in [5.74, 6) is 0.131. The van der Waals surface area contributed by atoms with E-state index in [1.165, 1.54) is 21.9 Å². The summed E-state index contributed by atoms with van der Waals surface area (Å²) in [4.78, 5) is 22.4. The molecule has 0 bridgehead atoms. The van der Waals surface area contributed by atoms with Crippen molar-refractivity contribution in [2.24, 2.45) is 0 Å². The molecule has 0 saturated heterocycles. The molecule has 4 aliphatic rings. The maximum atomic E-state index is 13.4. The van der Waals surface area contributed by atoms with Gasteiger partial charge in [-0.1, -0.05) is 60.7 Å². The lowest BCUT2D eigenvalue weighted by molar-refractivity contribution is 0.0691. The second kappa shape index (κ2) is 7.74. The second-order valence-electron chi connectivity index (χ2n) is 8.85. The van der Waals surface area contributed by atoms with Crippen molar-refractivity contribution in [3.8, 4) is 22.4 Å². The number of esters is 1. The van der Waals surface area contributed by atoms with Gasteiger partial charge in [-0.05, 0) is 64.2 Å². The minimum atomic E-state index is -0.451. The fourth-order valence-electron chi connectivity index (χ4n) is 5.27. The van der Waals surface area contributed by atoms with Gasteiger partial charge in [-0.2, -0.15) is 0 Å². The van der Waals surface area contributed by atoms with E-state index in [9.17, 15) is 4.79 Å². The minimum Gasteiger partial charge on any atom is -0.423 e. The fraction of sp³-hybridized carbons (Fsp3) is 0.0645. The molecule has 3 aromatic rings. The first-order chi connectivity index (χ1) is 17.3. The molecule has 0 aromatic heterocycles. The molecular formula is C31H20N2O2. The zero-order valence-electron chi connectivity index (χ0n) is 18.9. The first-order valence-corrected chi connectivity index (χ1v) is 11.7. The SMILES string of the molecule is O=C(OC1=CCC=c2c1ccc1c2=CCc2ccccc2-1)c1cnccc2c3ccccc3nc1-2. The fourth-order valence-corrected chi connectivity index (χ4v) is 5.27. The van der Waals surface area contributed by atoms with E-state index in [-0.39, 0.29) is 0 Å². The van der Waals surface area contributed by atoms with Crippen LogP contribution < -0.4 is 10.4 Å². The quantitative estimate of drug-likeness (QED) is 0.349. The lowest BCUT2D eigenvalue weighted by Gasteiger charge is -2.19. The van der Waals surface area contributed by atoms with Gasteiger partial charge in [-0.3, -0.25) is 4.98 Å². The Morgan fingerprint density at radius 1 is 0.771 bits per heavy atom. The third kappa shape index (κ3) is 3.11. The Hall–Kier alpha value is -4.57. The molecule has 2 aliphatic carbocycles. The Balaban J connectivity index is 1.29. The van der Waals surface area contributed by atoms with Gasteiger partial charge in [0.15, 0.2) is 0 Å². The van der Waals surface area contributed by atoms with Crippen LogP contribution in [-0.4, -0.2) is 15.9 Å². The van der Waals surface area contributed by atoms with E-state index in [0.29, 0.717) is 23.4 Å². The maximum Gasteiger partial charge on any atom is 0.347 e. The molecule has 3 aromatic carbocycles. The summed E-state index contributed by atoms with van der Waals surface area (Å²) < 4.78 is 6.02. The number of aromatic nitrogens is 2. The number of ether oxygens (including phenoxy) is 1. The number of hydrogen-bond donors (Lipinski definition) is 0. The summed E-state index contributed by atoms with van der Waals surface area (Å²) in [6, 6.07) is 22.5. The van der Waals surface area contributed by atoms with Crippen LogP contribution in [0.4, 0.5) is 0 Å². The van der Waals surface area contributed by atoms with Crippen LogP contribution in [0.3, 0.4) is 0 Å². The van der Waals surface area contributed by atoms with Gasteiger partial charge < -0.3 is 4.74 Å². The molecule has 4 heteroatoms. The Morgan fingerprint density at radius 3 is 2.57 bits per heavy atom. The smallest absolute Gasteiger partial charge is 0.347 e. The molecule has 0 spiro atoms. The highest BCUT2D eigenvalue weighted by Crippen LogP contribution is 2.33. The van der Waals surface area contributed by atoms with Crippen LogP contribution in [0.15, 0.2) is 85.2 Å². The average molecular weight is 453 g/mol. The van der Waals surface area contributed by atoms with Gasteiger partial charge in [-0.15, -0.1) is 0 Å². The van der Waals surface area contributed by atoms with E-state index in [4.69, 9.17) is 9.72 Å². The third-order valence-electron chi connectivity index (χ3n) is 6.90. The Labute approximate surface area is 201 Å². The number of carbonyl (C=O) groups is 1. The lowest BCUT2D eigenvalue weighted by atomic mass is 9.88. The predicted octanol–water partition coefficient (Wildman–Crippen LogP) is 5.12. The molecule has 0 saturated carbocycles. The van der Waals surface area contributed by atoms with Crippen LogP contribution in [0, 0.1) is 0 Å². The van der Waals surface area contributed by atoms with Gasteiger partial charge in [0.25, 0.3) is 0 Å². The van der Waals surface area contributed by atoms with Crippen molar-refractivity contribution in [1.29, 1.82) is 0 Å². The molecule has 0 atom stereocenters. The van der Waals surface area contributed by atoms with Crippen molar-refractivity contribution in [1.82, 2.24) is 9.97 Å². The molecule has 166 valence electrons. The lowest BCUT2D eigenvalue weighted by Crippen LogP contribution is -2.33. The highest BCUT2D eigenvalue weighted by molar-refractivity contribution is 6.05. The zero-order valence-corrected chi connectivity index (χ0v) is 18.9. The third-order valence-corrected chi connectivity index (χ3v) is 6.90. The molecule has 35 heavy (non-hydrogen) atoms. The highest BCUT2D eigenvalue weighted by Gasteiger charge is 2.23. The monoisotopic (exact) mass is 452 g/mol. The second-order valence-corrected chi connectivity index (χ2v) is 8.85. The van der Waals surface area contributed by atoms with Gasteiger partial charge >= 0.3 is 5.97 Å². The number of fused-ring (bicyclic) bond motifs is 8. The normalized spacial score (nSPS) is 13.7. The van der Waals surface area contributed by atoms with Gasteiger partial charge in [-0.25, -0.2) is 9.78 Å². The van der Waals surface area contributed by atoms with E-state index in [1.54, 1.807) is 12.4 Å². The van der Waals surface area contributed by atoms with Gasteiger partial charge in [0.2, 0.25) is 0 Å². The average Bonchev–Trinajstić information content (AvgIpc) is 3.13. The highest BCUT2D eigenvalue weighted by atomic mass is 16.5. The number of allylic oxidation sites excluding steroid dienone is 1. The van der Waals surface area contributed by atoms with Crippen molar-refractivity contribution in [2.45, 2.75) is 12.8 Å². The van der Waals surface area contributed by atoms with Crippen LogP contribution in [-0.2, 0) is 11.2 Å². The van der Waals surface area contributed by atoms with Crippen LogP contribution in [0.25, 0.3) is 51.2 Å². The summed E-state index contributed by atoms with van der Waals surface area (Å²) in [6.07, 6.45) is 11.3. The number of benzene rings is 3. The first kappa shape index (κ1) is 19.9. The summed E-state index contributed by atoms with van der Waals surface area (Å²) in [5.41, 5.74) is 7.46. The van der Waals surface area contributed by atoms with E-state index >= 15 is 0 Å². The van der Waals surface area contributed by atoms with Gasteiger partial charge in [0.1, 0.15) is 11.3 Å². The van der Waals surface area contributed by atoms with Gasteiger partial charge in [0, 0.05) is 28.9 Å². The molecule has 2 aliphatic heterocycles. The number of para-hydroxylation sites is 1. The summed E-state index contributed by atoms with van der Waals surface area (Å²) in [6.45, 7) is 0. The predicted molar refractivity (Wildman–Crippen MR) is 138 cm³/mol. The number of hydrogen-bond acceptors (Lipinski definition) is 4. The van der Waals surface area contributed by atoms with Crippen LogP contribution in [0.5, 0.6) is 0 Å². The molecule has 0 unspecified atom stereocenters. The number of rotatable bonds is 2. The molecule has 0 N–H and O–H groups in total. The molecule has 7 rings (SSSR count). The van der Waals surface area contributed by atoms with Crippen molar-refractivity contribution < 1.29 is 9.53 Å². The minimum absolute atomic E-state index is 0.358. The molecule has 0 amide bonds. The zero-order chi connectivity index (χ0) is 23.4. The van der Waals surface area contributed by atoms with E-state index in [1.807, 2.05) is 36.4 Å². The topological polar surface area (TPSA) is 52.1 Å². The molecule has 2 heterocycles. The Morgan fingerprint density at radius 2 is 1.60 bits per heavy atom. The molecule has 4 nitrogen and oxygen atoms in total. The molecular weight excluding hydrogens is 432 g/mol. The van der Waals surface area contributed by atoms with E-state index in [0.717, 1.165) is 33.7 Å².